The normalized spacial score (nSPS) is 12.8. The van der Waals surface area contributed by atoms with Crippen LogP contribution in [0, 0.1) is 0 Å². The highest BCUT2D eigenvalue weighted by molar-refractivity contribution is 7.46. The fraction of sp³-hybridized carbons (Fsp3) is 0.818. The fourth-order valence-electron chi connectivity index (χ4n) is 4.41. The van der Waals surface area contributed by atoms with Crippen LogP contribution in [0.4, 0.5) is 0 Å². The van der Waals surface area contributed by atoms with E-state index in [9.17, 15) is 14.2 Å². The molecule has 0 bridgehead atoms. The molecule has 8 nitrogen and oxygen atoms in total. The summed E-state index contributed by atoms with van der Waals surface area (Å²) < 4.78 is 26.2. The van der Waals surface area contributed by atoms with Crippen LogP contribution in [0.3, 0.4) is 0 Å². The first-order chi connectivity index (χ1) is 20.3. The molecule has 0 aromatic heterocycles. The van der Waals surface area contributed by atoms with Crippen LogP contribution in [-0.2, 0) is 28.2 Å². The van der Waals surface area contributed by atoms with Crippen LogP contribution in [0.25, 0.3) is 0 Å². The van der Waals surface area contributed by atoms with Crippen molar-refractivity contribution in [2.75, 3.05) is 13.2 Å². The molecule has 0 aromatic carbocycles. The monoisotopic (exact) mass is 616 g/mol. The summed E-state index contributed by atoms with van der Waals surface area (Å²) in [5, 5.41) is 0. The third-order valence-electron chi connectivity index (χ3n) is 6.94. The Hall–Kier alpha value is -1.47. The lowest BCUT2D eigenvalue weighted by atomic mass is 10.1. The van der Waals surface area contributed by atoms with Crippen molar-refractivity contribution in [1.82, 2.24) is 0 Å². The van der Waals surface area contributed by atoms with Gasteiger partial charge in [-0.1, -0.05) is 109 Å². The van der Waals surface area contributed by atoms with Crippen molar-refractivity contribution in [3.05, 3.63) is 24.3 Å². The fourth-order valence-corrected chi connectivity index (χ4v) is 4.77. The van der Waals surface area contributed by atoms with Crippen molar-refractivity contribution in [1.29, 1.82) is 0 Å². The van der Waals surface area contributed by atoms with Gasteiger partial charge >= 0.3 is 19.8 Å². The molecule has 0 aliphatic heterocycles. The van der Waals surface area contributed by atoms with Crippen molar-refractivity contribution >= 4 is 19.8 Å². The Labute approximate surface area is 256 Å². The van der Waals surface area contributed by atoms with Gasteiger partial charge in [-0.05, 0) is 57.8 Å². The summed E-state index contributed by atoms with van der Waals surface area (Å²) in [5.41, 5.74) is 0. The third kappa shape index (κ3) is 31.5. The molecule has 9 heteroatoms. The minimum Gasteiger partial charge on any atom is -0.462 e. The first-order valence-corrected chi connectivity index (χ1v) is 18.2. The smallest absolute Gasteiger partial charge is 0.462 e. The zero-order chi connectivity index (χ0) is 31.2. The van der Waals surface area contributed by atoms with E-state index in [4.69, 9.17) is 19.3 Å². The van der Waals surface area contributed by atoms with E-state index in [0.717, 1.165) is 70.6 Å². The molecule has 0 heterocycles. The number of rotatable bonds is 30. The highest BCUT2D eigenvalue weighted by Gasteiger charge is 2.22. The lowest BCUT2D eigenvalue weighted by Gasteiger charge is -2.18. The second kappa shape index (κ2) is 29.6. The van der Waals surface area contributed by atoms with E-state index >= 15 is 0 Å². The van der Waals surface area contributed by atoms with Gasteiger partial charge in [0.2, 0.25) is 0 Å². The molecule has 0 spiro atoms. The van der Waals surface area contributed by atoms with Crippen LogP contribution in [0.1, 0.15) is 155 Å². The molecule has 2 N–H and O–H groups in total. The molecular formula is C33H61O8P. The Morgan fingerprint density at radius 2 is 1.02 bits per heavy atom. The Morgan fingerprint density at radius 3 is 1.52 bits per heavy atom. The Kier molecular flexibility index (Phi) is 28.6. The van der Waals surface area contributed by atoms with Crippen molar-refractivity contribution in [2.24, 2.45) is 0 Å². The maximum absolute atomic E-state index is 12.3. The zero-order valence-electron chi connectivity index (χ0n) is 26.6. The largest absolute Gasteiger partial charge is 0.469 e. The number of unbranched alkanes of at least 4 members (excludes halogenated alkanes) is 16. The van der Waals surface area contributed by atoms with Gasteiger partial charge < -0.3 is 19.3 Å². The maximum atomic E-state index is 12.3. The first kappa shape index (κ1) is 40.5. The molecule has 0 amide bonds. The predicted molar refractivity (Wildman–Crippen MR) is 170 cm³/mol. The number of esters is 2. The zero-order valence-corrected chi connectivity index (χ0v) is 27.5. The van der Waals surface area contributed by atoms with Crippen molar-refractivity contribution in [2.45, 2.75) is 161 Å². The third-order valence-corrected chi connectivity index (χ3v) is 7.43. The Balaban J connectivity index is 4.05. The number of carbonyl (C=O) groups excluding carboxylic acids is 2. The quantitative estimate of drug-likeness (QED) is 0.0355. The summed E-state index contributed by atoms with van der Waals surface area (Å²) in [5.74, 6) is -0.908. The van der Waals surface area contributed by atoms with E-state index in [1.54, 1.807) is 0 Å². The molecule has 0 aliphatic carbocycles. The van der Waals surface area contributed by atoms with Gasteiger partial charge in [0.05, 0.1) is 6.61 Å². The number of carbonyl (C=O) groups is 2. The molecule has 0 radical (unpaired) electrons. The summed E-state index contributed by atoms with van der Waals surface area (Å²) in [7, 11) is -4.74. The summed E-state index contributed by atoms with van der Waals surface area (Å²) in [6.07, 6.45) is 30.4. The summed E-state index contributed by atoms with van der Waals surface area (Å²) in [4.78, 5) is 42.4. The van der Waals surface area contributed by atoms with Crippen LogP contribution in [0.2, 0.25) is 0 Å². The molecular weight excluding hydrogens is 555 g/mol. The van der Waals surface area contributed by atoms with E-state index < -0.39 is 32.5 Å². The van der Waals surface area contributed by atoms with Crippen LogP contribution in [-0.4, -0.2) is 41.0 Å². The molecule has 0 aromatic rings. The predicted octanol–water partition coefficient (Wildman–Crippen LogP) is 9.29. The maximum Gasteiger partial charge on any atom is 0.469 e. The van der Waals surface area contributed by atoms with Gasteiger partial charge in [-0.25, -0.2) is 4.57 Å². The van der Waals surface area contributed by atoms with Crippen molar-refractivity contribution < 1.29 is 37.9 Å². The number of phosphoric ester groups is 1. The van der Waals surface area contributed by atoms with Crippen LogP contribution in [0.5, 0.6) is 0 Å². The molecule has 0 rings (SSSR count). The second-order valence-electron chi connectivity index (χ2n) is 11.1. The van der Waals surface area contributed by atoms with Gasteiger partial charge in [0, 0.05) is 12.8 Å². The SMILES string of the molecule is CCCC/C=C\CCCCCCCC(=O)OC[C@H](COP(=O)(O)O)OC(=O)CCCCCCC/C=C\CCCCCC. The molecule has 0 saturated carbocycles. The Bertz CT molecular complexity index is 746. The van der Waals surface area contributed by atoms with Gasteiger partial charge in [0.15, 0.2) is 6.10 Å². The topological polar surface area (TPSA) is 119 Å². The minimum atomic E-state index is -4.74. The number of phosphoric acid groups is 1. The molecule has 0 fully saturated rings. The van der Waals surface area contributed by atoms with E-state index in [1.807, 2.05) is 0 Å². The Morgan fingerprint density at radius 1 is 0.595 bits per heavy atom. The number of hydrogen-bond donors (Lipinski definition) is 2. The van der Waals surface area contributed by atoms with Crippen molar-refractivity contribution in [3.8, 4) is 0 Å². The summed E-state index contributed by atoms with van der Waals surface area (Å²) in [6, 6.07) is 0. The van der Waals surface area contributed by atoms with Crippen molar-refractivity contribution in [3.63, 3.8) is 0 Å². The molecule has 0 unspecified atom stereocenters. The minimum absolute atomic E-state index is 0.201. The highest BCUT2D eigenvalue weighted by Crippen LogP contribution is 2.35. The summed E-state index contributed by atoms with van der Waals surface area (Å²) in [6.45, 7) is 3.58. The van der Waals surface area contributed by atoms with E-state index in [1.165, 1.54) is 44.9 Å². The molecule has 246 valence electrons. The average Bonchev–Trinajstić information content (AvgIpc) is 2.95. The van der Waals surface area contributed by atoms with Gasteiger partial charge in [0.1, 0.15) is 6.61 Å². The van der Waals surface area contributed by atoms with Gasteiger partial charge in [-0.2, -0.15) is 0 Å². The number of allylic oxidation sites excluding steroid dienone is 4. The van der Waals surface area contributed by atoms with Gasteiger partial charge in [-0.3, -0.25) is 14.1 Å². The highest BCUT2D eigenvalue weighted by atomic mass is 31.2. The van der Waals surface area contributed by atoms with Crippen LogP contribution in [0.15, 0.2) is 24.3 Å². The number of ether oxygens (including phenoxy) is 2. The van der Waals surface area contributed by atoms with Crippen LogP contribution < -0.4 is 0 Å². The van der Waals surface area contributed by atoms with Gasteiger partial charge in [0.25, 0.3) is 0 Å². The van der Waals surface area contributed by atoms with Gasteiger partial charge in [-0.15, -0.1) is 0 Å². The lowest BCUT2D eigenvalue weighted by Crippen LogP contribution is -2.29. The van der Waals surface area contributed by atoms with E-state index in [2.05, 4.69) is 42.7 Å². The number of hydrogen-bond acceptors (Lipinski definition) is 6. The van der Waals surface area contributed by atoms with E-state index in [-0.39, 0.29) is 19.4 Å². The molecule has 0 aliphatic rings. The second-order valence-corrected chi connectivity index (χ2v) is 12.4. The van der Waals surface area contributed by atoms with Crippen LogP contribution >= 0.6 is 7.82 Å². The molecule has 0 saturated heterocycles. The standard InChI is InChI=1S/C33H61O8P/c1-3-5-7-9-11-13-15-16-18-20-22-24-26-28-33(35)41-31(30-40-42(36,37)38)29-39-32(34)27-25-23-21-19-17-14-12-10-8-6-4-2/h10,12-13,15,31H,3-9,11,14,16-30H2,1-2H3,(H2,36,37,38)/b12-10-,15-13-/t31-/m1/s1. The molecule has 42 heavy (non-hydrogen) atoms. The average molecular weight is 617 g/mol. The molecule has 1 atom stereocenters. The lowest BCUT2D eigenvalue weighted by molar-refractivity contribution is -0.161. The van der Waals surface area contributed by atoms with E-state index in [0.29, 0.717) is 12.8 Å². The first-order valence-electron chi connectivity index (χ1n) is 16.6. The summed E-state index contributed by atoms with van der Waals surface area (Å²) >= 11 is 0.